The lowest BCUT2D eigenvalue weighted by atomic mass is 10.2. The fourth-order valence-electron chi connectivity index (χ4n) is 2.42. The van der Waals surface area contributed by atoms with E-state index in [1.165, 1.54) is 6.07 Å². The zero-order chi connectivity index (χ0) is 14.7. The van der Waals surface area contributed by atoms with Crippen LogP contribution in [0.1, 0.15) is 12.5 Å². The Morgan fingerprint density at radius 2 is 2.29 bits per heavy atom. The number of guanidine groups is 1. The predicted molar refractivity (Wildman–Crippen MR) is 79.0 cm³/mol. The number of ether oxygens (including phenoxy) is 1. The number of nitrogens with zero attached hydrogens (tertiary/aromatic N) is 3. The minimum atomic E-state index is -0.286. The van der Waals surface area contributed by atoms with Gasteiger partial charge in [-0.15, -0.1) is 0 Å². The van der Waals surface area contributed by atoms with Crippen molar-refractivity contribution >= 4 is 11.8 Å². The van der Waals surface area contributed by atoms with Gasteiger partial charge in [0.05, 0.1) is 19.8 Å². The van der Waals surface area contributed by atoms with Gasteiger partial charge >= 0.3 is 0 Å². The molecule has 1 aromatic heterocycles. The highest BCUT2D eigenvalue weighted by Gasteiger charge is 2.17. The minimum Gasteiger partial charge on any atom is -0.378 e. The topological polar surface area (TPSA) is 61.8 Å². The van der Waals surface area contributed by atoms with Crippen molar-refractivity contribution in [3.05, 3.63) is 23.6 Å². The van der Waals surface area contributed by atoms with Crippen LogP contribution in [0, 0.1) is 5.82 Å². The van der Waals surface area contributed by atoms with Crippen LogP contribution in [0.4, 0.5) is 10.2 Å². The monoisotopic (exact) mass is 293 g/mol. The van der Waals surface area contributed by atoms with Gasteiger partial charge in [0.15, 0.2) is 17.6 Å². The number of halogens is 1. The number of hydrogen-bond donors (Lipinski definition) is 2. The number of morpholine rings is 1. The number of aromatic nitrogens is 1. The van der Waals surface area contributed by atoms with Crippen LogP contribution in [-0.2, 0) is 11.3 Å². The van der Waals surface area contributed by atoms with Crippen LogP contribution in [0.25, 0.3) is 0 Å². The summed E-state index contributed by atoms with van der Waals surface area (Å²) in [6.07, 6.45) is 1.71. The molecule has 3 rings (SSSR count). The van der Waals surface area contributed by atoms with Crippen LogP contribution in [0.5, 0.6) is 0 Å². The molecule has 0 amide bonds. The molecule has 21 heavy (non-hydrogen) atoms. The van der Waals surface area contributed by atoms with Gasteiger partial charge < -0.3 is 20.3 Å². The second-order valence-electron chi connectivity index (χ2n) is 5.34. The van der Waals surface area contributed by atoms with Crippen LogP contribution >= 0.6 is 0 Å². The van der Waals surface area contributed by atoms with Crippen LogP contribution in [0.15, 0.2) is 17.3 Å². The first-order chi connectivity index (χ1) is 10.2. The van der Waals surface area contributed by atoms with Gasteiger partial charge in [-0.25, -0.2) is 9.37 Å². The Morgan fingerprint density at radius 1 is 1.48 bits per heavy atom. The van der Waals surface area contributed by atoms with E-state index in [-0.39, 0.29) is 5.82 Å². The third-order valence-electron chi connectivity index (χ3n) is 3.56. The molecule has 1 fully saturated rings. The molecule has 1 saturated heterocycles. The summed E-state index contributed by atoms with van der Waals surface area (Å²) in [5.74, 6) is 0.887. The molecule has 0 aromatic carbocycles. The van der Waals surface area contributed by atoms with Crippen molar-refractivity contribution in [2.75, 3.05) is 37.7 Å². The molecule has 114 valence electrons. The van der Waals surface area contributed by atoms with Crippen LogP contribution in [-0.4, -0.2) is 49.8 Å². The van der Waals surface area contributed by atoms with E-state index in [0.29, 0.717) is 44.7 Å². The highest BCUT2D eigenvalue weighted by atomic mass is 19.1. The summed E-state index contributed by atoms with van der Waals surface area (Å²) in [5.41, 5.74) is 0.800. The fraction of sp³-hybridized carbons (Fsp3) is 0.571. The number of rotatable bonds is 3. The molecule has 0 saturated carbocycles. The quantitative estimate of drug-likeness (QED) is 0.849. The molecule has 1 atom stereocenters. The van der Waals surface area contributed by atoms with Crippen LogP contribution < -0.4 is 15.5 Å². The van der Waals surface area contributed by atoms with E-state index in [0.717, 1.165) is 18.1 Å². The summed E-state index contributed by atoms with van der Waals surface area (Å²) in [6, 6.07) is 1.88. The molecule has 6 nitrogen and oxygen atoms in total. The predicted octanol–water partition coefficient (Wildman–Crippen LogP) is 0.495. The molecule has 1 unspecified atom stereocenters. The number of pyridine rings is 1. The molecule has 7 heteroatoms. The molecular weight excluding hydrogens is 273 g/mol. The molecule has 2 N–H and O–H groups in total. The molecule has 0 aliphatic carbocycles. The summed E-state index contributed by atoms with van der Waals surface area (Å²) in [4.78, 5) is 10.5. The number of anilines is 1. The van der Waals surface area contributed by atoms with Crippen molar-refractivity contribution < 1.29 is 9.13 Å². The first-order valence-corrected chi connectivity index (χ1v) is 7.24. The number of aliphatic imine (C=N–C) groups is 1. The lowest BCUT2D eigenvalue weighted by molar-refractivity contribution is 0.122. The van der Waals surface area contributed by atoms with Crippen LogP contribution in [0.2, 0.25) is 0 Å². The average molecular weight is 293 g/mol. The van der Waals surface area contributed by atoms with Crippen molar-refractivity contribution in [2.45, 2.75) is 19.5 Å². The van der Waals surface area contributed by atoms with Crippen molar-refractivity contribution in [2.24, 2.45) is 4.99 Å². The Labute approximate surface area is 123 Å². The van der Waals surface area contributed by atoms with Gasteiger partial charge in [-0.3, -0.25) is 4.99 Å². The van der Waals surface area contributed by atoms with Gasteiger partial charge in [0.25, 0.3) is 0 Å². The Hall–Kier alpha value is -1.89. The second kappa shape index (κ2) is 6.26. The van der Waals surface area contributed by atoms with E-state index in [9.17, 15) is 4.39 Å². The molecular formula is C14H20FN5O. The molecule has 1 aromatic rings. The zero-order valence-corrected chi connectivity index (χ0v) is 12.1. The van der Waals surface area contributed by atoms with Gasteiger partial charge in [-0.05, 0) is 18.6 Å². The molecule has 0 spiro atoms. The minimum absolute atomic E-state index is 0.286. The number of nitrogens with one attached hydrogen (secondary N) is 2. The van der Waals surface area contributed by atoms with Crippen molar-refractivity contribution in [1.29, 1.82) is 0 Å². The first-order valence-electron chi connectivity index (χ1n) is 7.24. The lowest BCUT2D eigenvalue weighted by Gasteiger charge is -2.28. The highest BCUT2D eigenvalue weighted by Crippen LogP contribution is 2.18. The van der Waals surface area contributed by atoms with Crippen molar-refractivity contribution in [1.82, 2.24) is 15.6 Å². The third kappa shape index (κ3) is 3.41. The van der Waals surface area contributed by atoms with Gasteiger partial charge in [0, 0.05) is 31.9 Å². The fourth-order valence-corrected chi connectivity index (χ4v) is 2.42. The Bertz CT molecular complexity index is 530. The van der Waals surface area contributed by atoms with E-state index in [1.807, 2.05) is 4.90 Å². The SMILES string of the molecule is CC1CN=C(NCc2cnc(N3CCOCC3)c(F)c2)N1. The molecule has 0 bridgehead atoms. The summed E-state index contributed by atoms with van der Waals surface area (Å²) in [5, 5.41) is 6.36. The van der Waals surface area contributed by atoms with Gasteiger partial charge in [-0.1, -0.05) is 0 Å². The molecule has 3 heterocycles. The van der Waals surface area contributed by atoms with E-state index in [1.54, 1.807) is 6.20 Å². The maximum atomic E-state index is 14.2. The average Bonchev–Trinajstić information content (AvgIpc) is 2.92. The largest absolute Gasteiger partial charge is 0.378 e. The van der Waals surface area contributed by atoms with E-state index >= 15 is 0 Å². The highest BCUT2D eigenvalue weighted by molar-refractivity contribution is 5.81. The lowest BCUT2D eigenvalue weighted by Crippen LogP contribution is -2.38. The first kappa shape index (κ1) is 14.1. The standard InChI is InChI=1S/C14H20FN5O/c1-10-7-17-14(19-10)18-9-11-6-12(15)13(16-8-11)20-2-4-21-5-3-20/h6,8,10H,2-5,7,9H2,1H3,(H2,17,18,19). The Kier molecular flexibility index (Phi) is 4.19. The smallest absolute Gasteiger partial charge is 0.191 e. The number of hydrogen-bond acceptors (Lipinski definition) is 6. The van der Waals surface area contributed by atoms with Crippen molar-refractivity contribution in [3.63, 3.8) is 0 Å². The zero-order valence-electron chi connectivity index (χ0n) is 12.1. The van der Waals surface area contributed by atoms with Gasteiger partial charge in [-0.2, -0.15) is 0 Å². The summed E-state index contributed by atoms with van der Waals surface area (Å²) >= 11 is 0. The van der Waals surface area contributed by atoms with Crippen LogP contribution in [0.3, 0.4) is 0 Å². The van der Waals surface area contributed by atoms with Gasteiger partial charge in [0.2, 0.25) is 0 Å². The summed E-state index contributed by atoms with van der Waals surface area (Å²) in [6.45, 7) is 5.94. The van der Waals surface area contributed by atoms with Gasteiger partial charge in [0.1, 0.15) is 0 Å². The van der Waals surface area contributed by atoms with Crippen molar-refractivity contribution in [3.8, 4) is 0 Å². The molecule has 2 aliphatic rings. The molecule has 2 aliphatic heterocycles. The maximum absolute atomic E-state index is 14.2. The summed E-state index contributed by atoms with van der Waals surface area (Å²) < 4.78 is 19.4. The second-order valence-corrected chi connectivity index (χ2v) is 5.34. The summed E-state index contributed by atoms with van der Waals surface area (Å²) in [7, 11) is 0. The maximum Gasteiger partial charge on any atom is 0.191 e. The molecule has 0 radical (unpaired) electrons. The normalized spacial score (nSPS) is 21.9. The van der Waals surface area contributed by atoms with E-state index < -0.39 is 0 Å². The van der Waals surface area contributed by atoms with E-state index in [4.69, 9.17) is 4.74 Å². The Balaban J connectivity index is 1.61. The van der Waals surface area contributed by atoms with E-state index in [2.05, 4.69) is 27.5 Å². The third-order valence-corrected chi connectivity index (χ3v) is 3.56. The Morgan fingerprint density at radius 3 is 2.95 bits per heavy atom.